The van der Waals surface area contributed by atoms with E-state index < -0.39 is 29.3 Å². The summed E-state index contributed by atoms with van der Waals surface area (Å²) in [6.07, 6.45) is -0.0179. The van der Waals surface area contributed by atoms with Gasteiger partial charge in [0, 0.05) is 11.2 Å². The zero-order valence-corrected chi connectivity index (χ0v) is 24.6. The molecular weight excluding hydrogens is 478 g/mol. The Hall–Kier alpha value is -3.35. The van der Waals surface area contributed by atoms with Gasteiger partial charge >= 0.3 is 6.09 Å². The molecule has 2 aromatic carbocycles. The number of ether oxygens (including phenoxy) is 1. The SMILES string of the molecule is CCC(C)C(NC(=O)OC(C)(C)C)C(=O)N(C(C(=O)Nc1ccccc1C)c1ccc(C)cc1)C(C)(C)C. The first-order chi connectivity index (χ1) is 17.5. The molecule has 0 radical (unpaired) electrons. The van der Waals surface area contributed by atoms with Crippen LogP contribution in [0, 0.1) is 19.8 Å². The number of carbonyl (C=O) groups excluding carboxylic acids is 3. The molecule has 3 amide bonds. The van der Waals surface area contributed by atoms with E-state index in [9.17, 15) is 14.4 Å². The molecule has 0 saturated carbocycles. The predicted molar refractivity (Wildman–Crippen MR) is 153 cm³/mol. The van der Waals surface area contributed by atoms with E-state index in [2.05, 4.69) is 10.6 Å². The number of nitrogens with one attached hydrogen (secondary N) is 2. The van der Waals surface area contributed by atoms with Crippen molar-refractivity contribution in [1.82, 2.24) is 10.2 Å². The molecule has 7 nitrogen and oxygen atoms in total. The summed E-state index contributed by atoms with van der Waals surface area (Å²) in [4.78, 5) is 42.7. The first kappa shape index (κ1) is 30.9. The number of para-hydroxylation sites is 1. The maximum absolute atomic E-state index is 14.4. The summed E-state index contributed by atoms with van der Waals surface area (Å²) < 4.78 is 5.48. The van der Waals surface area contributed by atoms with Crippen LogP contribution in [0.1, 0.15) is 84.5 Å². The van der Waals surface area contributed by atoms with Crippen molar-refractivity contribution in [2.45, 2.75) is 98.9 Å². The molecule has 0 aliphatic rings. The van der Waals surface area contributed by atoms with Gasteiger partial charge in [0.25, 0.3) is 5.91 Å². The molecule has 0 spiro atoms. The summed E-state index contributed by atoms with van der Waals surface area (Å²) in [5.41, 5.74) is 1.86. The van der Waals surface area contributed by atoms with Crippen molar-refractivity contribution in [2.75, 3.05) is 5.32 Å². The number of rotatable bonds is 8. The Balaban J connectivity index is 2.61. The van der Waals surface area contributed by atoms with Crippen molar-refractivity contribution >= 4 is 23.6 Å². The minimum absolute atomic E-state index is 0.196. The van der Waals surface area contributed by atoms with Gasteiger partial charge in [0.05, 0.1) is 0 Å². The number of anilines is 1. The number of amides is 3. The molecule has 0 aromatic heterocycles. The van der Waals surface area contributed by atoms with E-state index in [0.29, 0.717) is 17.7 Å². The largest absolute Gasteiger partial charge is 0.444 e. The lowest BCUT2D eigenvalue weighted by molar-refractivity contribution is -0.147. The van der Waals surface area contributed by atoms with Crippen LogP contribution in [-0.2, 0) is 14.3 Å². The third-order valence-corrected chi connectivity index (χ3v) is 6.41. The monoisotopic (exact) mass is 523 g/mol. The smallest absolute Gasteiger partial charge is 0.408 e. The van der Waals surface area contributed by atoms with Gasteiger partial charge in [-0.3, -0.25) is 9.59 Å². The lowest BCUT2D eigenvalue weighted by atomic mass is 9.91. The van der Waals surface area contributed by atoms with E-state index in [1.807, 2.05) is 97.0 Å². The number of carbonyl (C=O) groups is 3. The molecule has 2 rings (SSSR count). The third kappa shape index (κ3) is 8.33. The van der Waals surface area contributed by atoms with Gasteiger partial charge in [-0.05, 0) is 78.5 Å². The molecule has 2 aromatic rings. The lowest BCUT2D eigenvalue weighted by Gasteiger charge is -2.44. The van der Waals surface area contributed by atoms with Crippen molar-refractivity contribution < 1.29 is 19.1 Å². The maximum atomic E-state index is 14.4. The highest BCUT2D eigenvalue weighted by molar-refractivity contribution is 5.99. The van der Waals surface area contributed by atoms with Gasteiger partial charge in [-0.15, -0.1) is 0 Å². The van der Waals surface area contributed by atoms with Gasteiger partial charge in [-0.2, -0.15) is 0 Å². The number of aryl methyl sites for hydroxylation is 2. The van der Waals surface area contributed by atoms with E-state index >= 15 is 0 Å². The van der Waals surface area contributed by atoms with Gasteiger partial charge in [-0.1, -0.05) is 68.3 Å². The molecule has 38 heavy (non-hydrogen) atoms. The predicted octanol–water partition coefficient (Wildman–Crippen LogP) is 6.55. The molecule has 0 heterocycles. The first-order valence-corrected chi connectivity index (χ1v) is 13.3. The molecule has 7 heteroatoms. The van der Waals surface area contributed by atoms with Crippen molar-refractivity contribution in [1.29, 1.82) is 0 Å². The average Bonchev–Trinajstić information content (AvgIpc) is 2.80. The molecule has 2 N–H and O–H groups in total. The zero-order valence-electron chi connectivity index (χ0n) is 24.6. The van der Waals surface area contributed by atoms with E-state index in [4.69, 9.17) is 4.74 Å². The quantitative estimate of drug-likeness (QED) is 0.411. The summed E-state index contributed by atoms with van der Waals surface area (Å²) in [6, 6.07) is 13.3. The fourth-order valence-electron chi connectivity index (χ4n) is 4.19. The van der Waals surface area contributed by atoms with E-state index in [1.54, 1.807) is 25.7 Å². The summed E-state index contributed by atoms with van der Waals surface area (Å²) in [5.74, 6) is -0.868. The third-order valence-electron chi connectivity index (χ3n) is 6.41. The second-order valence-electron chi connectivity index (χ2n) is 12.0. The highest BCUT2D eigenvalue weighted by Crippen LogP contribution is 2.32. The second-order valence-corrected chi connectivity index (χ2v) is 12.0. The van der Waals surface area contributed by atoms with Gasteiger partial charge in [0.2, 0.25) is 5.91 Å². The van der Waals surface area contributed by atoms with Gasteiger partial charge < -0.3 is 20.3 Å². The minimum Gasteiger partial charge on any atom is -0.444 e. The Morgan fingerprint density at radius 3 is 2.00 bits per heavy atom. The van der Waals surface area contributed by atoms with Gasteiger partial charge in [0.1, 0.15) is 17.7 Å². The van der Waals surface area contributed by atoms with Crippen LogP contribution in [0.4, 0.5) is 10.5 Å². The van der Waals surface area contributed by atoms with Crippen molar-refractivity contribution in [3.8, 4) is 0 Å². The summed E-state index contributed by atoms with van der Waals surface area (Å²) >= 11 is 0. The Labute approximate surface area is 228 Å². The molecule has 0 bridgehead atoms. The number of alkyl carbamates (subject to hydrolysis) is 1. The van der Waals surface area contributed by atoms with Crippen LogP contribution in [0.5, 0.6) is 0 Å². The van der Waals surface area contributed by atoms with Crippen molar-refractivity contribution in [3.63, 3.8) is 0 Å². The molecule has 0 aliphatic heterocycles. The van der Waals surface area contributed by atoms with Crippen LogP contribution < -0.4 is 10.6 Å². The Morgan fingerprint density at radius 2 is 1.50 bits per heavy atom. The Bertz CT molecular complexity index is 1110. The normalized spacial score (nSPS) is 14.2. The topological polar surface area (TPSA) is 87.7 Å². The van der Waals surface area contributed by atoms with Crippen LogP contribution in [0.3, 0.4) is 0 Å². The first-order valence-electron chi connectivity index (χ1n) is 13.3. The van der Waals surface area contributed by atoms with Crippen LogP contribution in [-0.4, -0.2) is 40.0 Å². The maximum Gasteiger partial charge on any atom is 0.408 e. The molecular formula is C31H45N3O4. The Kier molecular flexibility index (Phi) is 10.1. The molecule has 0 fully saturated rings. The second kappa shape index (κ2) is 12.5. The summed E-state index contributed by atoms with van der Waals surface area (Å²) in [7, 11) is 0. The average molecular weight is 524 g/mol. The fourth-order valence-corrected chi connectivity index (χ4v) is 4.19. The highest BCUT2D eigenvalue weighted by atomic mass is 16.6. The molecule has 0 saturated heterocycles. The molecule has 208 valence electrons. The van der Waals surface area contributed by atoms with Gasteiger partial charge in [-0.25, -0.2) is 4.79 Å². The highest BCUT2D eigenvalue weighted by Gasteiger charge is 2.43. The summed E-state index contributed by atoms with van der Waals surface area (Å²) in [5, 5.41) is 5.85. The van der Waals surface area contributed by atoms with Crippen LogP contribution in [0.2, 0.25) is 0 Å². The zero-order chi connectivity index (χ0) is 28.8. The van der Waals surface area contributed by atoms with Crippen molar-refractivity contribution in [3.05, 3.63) is 65.2 Å². The molecule has 0 aliphatic carbocycles. The van der Waals surface area contributed by atoms with Crippen LogP contribution in [0.25, 0.3) is 0 Å². The van der Waals surface area contributed by atoms with Crippen LogP contribution >= 0.6 is 0 Å². The summed E-state index contributed by atoms with van der Waals surface area (Å²) in [6.45, 7) is 18.8. The number of benzene rings is 2. The molecule has 3 atom stereocenters. The Morgan fingerprint density at radius 1 is 0.921 bits per heavy atom. The minimum atomic E-state index is -0.935. The lowest BCUT2D eigenvalue weighted by Crippen LogP contribution is -2.59. The van der Waals surface area contributed by atoms with E-state index in [0.717, 1.165) is 11.1 Å². The van der Waals surface area contributed by atoms with Gasteiger partial charge in [0.15, 0.2) is 0 Å². The van der Waals surface area contributed by atoms with E-state index in [-0.39, 0.29) is 17.7 Å². The number of hydrogen-bond donors (Lipinski definition) is 2. The number of nitrogens with zero attached hydrogens (tertiary/aromatic N) is 1. The van der Waals surface area contributed by atoms with Crippen LogP contribution in [0.15, 0.2) is 48.5 Å². The van der Waals surface area contributed by atoms with Crippen molar-refractivity contribution in [2.24, 2.45) is 5.92 Å². The molecule has 3 unspecified atom stereocenters. The fraction of sp³-hybridized carbons (Fsp3) is 0.516. The van der Waals surface area contributed by atoms with E-state index in [1.165, 1.54) is 0 Å². The standard InChI is InChI=1S/C31H45N3O4/c1-11-21(3)25(33-29(37)38-31(8,9)10)28(36)34(30(5,6)7)26(23-18-16-20(2)17-19-23)27(35)32-24-15-13-12-14-22(24)4/h12-19,21,25-26H,11H2,1-10H3,(H,32,35)(H,33,37). The number of hydrogen-bond acceptors (Lipinski definition) is 4.